The SMILES string of the molecule is c1cc2c3cnc(Nc4ccc(N5CCC(C6CCCC6)CC5)cn4)nc3n(C3CCCC3)c2nn1. The molecule has 0 bridgehead atoms. The van der Waals surface area contributed by atoms with Gasteiger partial charge in [0.2, 0.25) is 5.95 Å². The van der Waals surface area contributed by atoms with Crippen LogP contribution in [0.4, 0.5) is 17.5 Å². The Bertz CT molecular complexity index is 1340. The van der Waals surface area contributed by atoms with Crippen LogP contribution in [-0.2, 0) is 0 Å². The summed E-state index contributed by atoms with van der Waals surface area (Å²) in [6.45, 7) is 2.29. The molecule has 1 N–H and O–H groups in total. The second-order valence-corrected chi connectivity index (χ2v) is 10.9. The summed E-state index contributed by atoms with van der Waals surface area (Å²) in [6.07, 6.45) is 18.9. The lowest BCUT2D eigenvalue weighted by Gasteiger charge is -2.36. The van der Waals surface area contributed by atoms with Gasteiger partial charge in [-0.25, -0.2) is 9.97 Å². The van der Waals surface area contributed by atoms with Gasteiger partial charge in [-0.05, 0) is 55.7 Å². The van der Waals surface area contributed by atoms with Gasteiger partial charge in [0.15, 0.2) is 5.65 Å². The summed E-state index contributed by atoms with van der Waals surface area (Å²) in [4.78, 5) is 16.7. The van der Waals surface area contributed by atoms with E-state index in [0.29, 0.717) is 12.0 Å². The minimum atomic E-state index is 0.416. The minimum Gasteiger partial charge on any atom is -0.370 e. The lowest BCUT2D eigenvalue weighted by Crippen LogP contribution is -2.35. The number of fused-ring (bicyclic) bond motifs is 3. The quantitative estimate of drug-likeness (QED) is 0.371. The zero-order chi connectivity index (χ0) is 23.9. The predicted molar refractivity (Wildman–Crippen MR) is 143 cm³/mol. The molecule has 5 heterocycles. The Balaban J connectivity index is 1.09. The van der Waals surface area contributed by atoms with Crippen LogP contribution in [0.2, 0.25) is 0 Å². The molecule has 0 unspecified atom stereocenters. The number of nitrogens with zero attached hydrogens (tertiary/aromatic N) is 7. The van der Waals surface area contributed by atoms with E-state index in [0.717, 1.165) is 65.7 Å². The number of rotatable bonds is 5. The van der Waals surface area contributed by atoms with Gasteiger partial charge in [-0.3, -0.25) is 0 Å². The van der Waals surface area contributed by atoms with E-state index in [1.54, 1.807) is 6.20 Å². The van der Waals surface area contributed by atoms with Gasteiger partial charge in [0.25, 0.3) is 0 Å². The summed E-state index contributed by atoms with van der Waals surface area (Å²) < 4.78 is 2.28. The normalized spacial score (nSPS) is 20.2. The van der Waals surface area contributed by atoms with Crippen molar-refractivity contribution in [3.63, 3.8) is 0 Å². The number of hydrogen-bond donors (Lipinski definition) is 1. The minimum absolute atomic E-state index is 0.416. The fourth-order valence-corrected chi connectivity index (χ4v) is 6.95. The third-order valence-electron chi connectivity index (χ3n) is 8.87. The van der Waals surface area contributed by atoms with E-state index in [1.807, 2.05) is 24.5 Å². The van der Waals surface area contributed by atoms with Gasteiger partial charge in [-0.15, -0.1) is 5.10 Å². The standard InChI is InChI=1S/C28H34N8/c1-2-6-19(5-1)20-12-15-35(16-13-20)22-9-10-25(29-17-22)32-28-30-18-24-23-11-14-31-34-27(23)36(26(24)33-28)21-7-3-4-8-21/h9-11,14,17-21H,1-8,12-13,15-16H2,(H,29,30,32,33). The highest BCUT2D eigenvalue weighted by Crippen LogP contribution is 2.38. The maximum atomic E-state index is 4.93. The van der Waals surface area contributed by atoms with Crippen molar-refractivity contribution in [3.8, 4) is 0 Å². The lowest BCUT2D eigenvalue weighted by atomic mass is 9.83. The first-order valence-corrected chi connectivity index (χ1v) is 13.8. The van der Waals surface area contributed by atoms with Gasteiger partial charge < -0.3 is 14.8 Å². The van der Waals surface area contributed by atoms with Crippen LogP contribution in [0, 0.1) is 11.8 Å². The van der Waals surface area contributed by atoms with E-state index >= 15 is 0 Å². The monoisotopic (exact) mass is 482 g/mol. The first-order valence-electron chi connectivity index (χ1n) is 13.8. The Labute approximate surface area is 211 Å². The van der Waals surface area contributed by atoms with E-state index in [4.69, 9.17) is 9.97 Å². The van der Waals surface area contributed by atoms with E-state index in [1.165, 1.54) is 57.1 Å². The fourth-order valence-electron chi connectivity index (χ4n) is 6.95. The van der Waals surface area contributed by atoms with Gasteiger partial charge in [0, 0.05) is 36.1 Å². The van der Waals surface area contributed by atoms with E-state index < -0.39 is 0 Å². The topological polar surface area (TPSA) is 84.7 Å². The van der Waals surface area contributed by atoms with Crippen molar-refractivity contribution in [2.45, 2.75) is 70.3 Å². The molecule has 8 heteroatoms. The zero-order valence-corrected chi connectivity index (χ0v) is 20.8. The molecule has 2 saturated carbocycles. The highest BCUT2D eigenvalue weighted by molar-refractivity contribution is 6.04. The molecule has 3 aliphatic rings. The molecule has 36 heavy (non-hydrogen) atoms. The van der Waals surface area contributed by atoms with Gasteiger partial charge in [-0.1, -0.05) is 38.5 Å². The summed E-state index contributed by atoms with van der Waals surface area (Å²) in [6, 6.07) is 6.65. The Hall–Kier alpha value is -3.29. The molecule has 0 radical (unpaired) electrons. The number of anilines is 3. The Morgan fingerprint density at radius 2 is 1.53 bits per heavy atom. The average Bonchev–Trinajstić information content (AvgIpc) is 3.70. The molecule has 1 aliphatic heterocycles. The van der Waals surface area contributed by atoms with Gasteiger partial charge >= 0.3 is 0 Å². The molecule has 1 saturated heterocycles. The molecule has 0 amide bonds. The van der Waals surface area contributed by atoms with Crippen molar-refractivity contribution < 1.29 is 0 Å². The molecule has 7 rings (SSSR count). The van der Waals surface area contributed by atoms with Crippen molar-refractivity contribution in [2.24, 2.45) is 11.8 Å². The Kier molecular flexibility index (Phi) is 5.67. The second kappa shape index (κ2) is 9.30. The van der Waals surface area contributed by atoms with Crippen molar-refractivity contribution in [1.29, 1.82) is 0 Å². The molecule has 186 valence electrons. The van der Waals surface area contributed by atoms with Gasteiger partial charge in [0.05, 0.1) is 18.1 Å². The van der Waals surface area contributed by atoms with Crippen LogP contribution in [0.3, 0.4) is 0 Å². The summed E-state index contributed by atoms with van der Waals surface area (Å²) in [5.74, 6) is 3.24. The maximum Gasteiger partial charge on any atom is 0.230 e. The van der Waals surface area contributed by atoms with Crippen LogP contribution < -0.4 is 10.2 Å². The number of nitrogens with one attached hydrogen (secondary N) is 1. The molecule has 0 atom stereocenters. The molecular weight excluding hydrogens is 448 g/mol. The van der Waals surface area contributed by atoms with Crippen LogP contribution >= 0.6 is 0 Å². The molecule has 0 spiro atoms. The summed E-state index contributed by atoms with van der Waals surface area (Å²) in [5.41, 5.74) is 3.04. The second-order valence-electron chi connectivity index (χ2n) is 10.9. The van der Waals surface area contributed by atoms with Crippen LogP contribution in [0.15, 0.2) is 36.8 Å². The summed E-state index contributed by atoms with van der Waals surface area (Å²) in [7, 11) is 0. The number of pyridine rings is 1. The Morgan fingerprint density at radius 3 is 2.31 bits per heavy atom. The van der Waals surface area contributed by atoms with E-state index in [-0.39, 0.29) is 0 Å². The first-order chi connectivity index (χ1) is 17.8. The Morgan fingerprint density at radius 1 is 0.750 bits per heavy atom. The lowest BCUT2D eigenvalue weighted by molar-refractivity contribution is 0.279. The molecular formula is C28H34N8. The molecule has 3 fully saturated rings. The van der Waals surface area contributed by atoms with Crippen molar-refractivity contribution in [1.82, 2.24) is 29.7 Å². The van der Waals surface area contributed by atoms with Crippen molar-refractivity contribution in [2.75, 3.05) is 23.3 Å². The third kappa shape index (κ3) is 3.96. The van der Waals surface area contributed by atoms with E-state index in [9.17, 15) is 0 Å². The highest BCUT2D eigenvalue weighted by Gasteiger charge is 2.29. The predicted octanol–water partition coefficient (Wildman–Crippen LogP) is 6.03. The first kappa shape index (κ1) is 21.9. The van der Waals surface area contributed by atoms with Crippen LogP contribution in [0.5, 0.6) is 0 Å². The maximum absolute atomic E-state index is 4.93. The molecule has 2 aliphatic carbocycles. The van der Waals surface area contributed by atoms with Crippen molar-refractivity contribution >= 4 is 39.5 Å². The zero-order valence-electron chi connectivity index (χ0n) is 20.8. The fraction of sp³-hybridized carbons (Fsp3) is 0.536. The smallest absolute Gasteiger partial charge is 0.230 e. The molecule has 8 nitrogen and oxygen atoms in total. The van der Waals surface area contributed by atoms with Crippen LogP contribution in [0.25, 0.3) is 22.1 Å². The molecule has 4 aromatic heterocycles. The van der Waals surface area contributed by atoms with Gasteiger partial charge in [-0.2, -0.15) is 10.1 Å². The molecule has 4 aromatic rings. The third-order valence-corrected chi connectivity index (χ3v) is 8.87. The number of hydrogen-bond acceptors (Lipinski definition) is 7. The van der Waals surface area contributed by atoms with E-state index in [2.05, 4.69) is 36.0 Å². The largest absolute Gasteiger partial charge is 0.370 e. The number of aromatic nitrogens is 6. The summed E-state index contributed by atoms with van der Waals surface area (Å²) >= 11 is 0. The van der Waals surface area contributed by atoms with Crippen LogP contribution in [0.1, 0.15) is 70.3 Å². The number of piperidine rings is 1. The van der Waals surface area contributed by atoms with Crippen molar-refractivity contribution in [3.05, 3.63) is 36.8 Å². The average molecular weight is 483 g/mol. The van der Waals surface area contributed by atoms with Crippen LogP contribution in [-0.4, -0.2) is 42.8 Å². The summed E-state index contributed by atoms with van der Waals surface area (Å²) in [5, 5.41) is 14.0. The highest BCUT2D eigenvalue weighted by atomic mass is 15.2. The van der Waals surface area contributed by atoms with Gasteiger partial charge in [0.1, 0.15) is 11.5 Å². The molecule has 0 aromatic carbocycles.